The van der Waals surface area contributed by atoms with E-state index >= 15 is 0 Å². The number of nitrogens with zero attached hydrogens (tertiary/aromatic N) is 2. The number of nitrogens with one attached hydrogen (secondary N) is 2. The highest BCUT2D eigenvalue weighted by Crippen LogP contribution is 2.19. The van der Waals surface area contributed by atoms with Crippen LogP contribution in [0.25, 0.3) is 11.5 Å². The third kappa shape index (κ3) is 5.42. The molecule has 1 aromatic carbocycles. The summed E-state index contributed by atoms with van der Waals surface area (Å²) in [6.45, 7) is 5.19. The second kappa shape index (κ2) is 6.91. The normalized spacial score (nSPS) is 10.9. The van der Waals surface area contributed by atoms with Crippen molar-refractivity contribution < 1.29 is 18.7 Å². The molecule has 0 saturated carbocycles. The van der Waals surface area contributed by atoms with Crippen LogP contribution in [0.2, 0.25) is 0 Å². The van der Waals surface area contributed by atoms with E-state index in [0.717, 1.165) is 5.56 Å². The molecule has 0 spiro atoms. The van der Waals surface area contributed by atoms with Gasteiger partial charge in [0.05, 0.1) is 0 Å². The van der Waals surface area contributed by atoms with E-state index < -0.39 is 17.5 Å². The van der Waals surface area contributed by atoms with Crippen molar-refractivity contribution >= 4 is 11.9 Å². The first-order chi connectivity index (χ1) is 10.8. The monoisotopic (exact) mass is 318 g/mol. The minimum absolute atomic E-state index is 0.266. The predicted octanol–water partition coefficient (Wildman–Crippen LogP) is 1.74. The summed E-state index contributed by atoms with van der Waals surface area (Å²) in [5.74, 6) is 0.348. The predicted molar refractivity (Wildman–Crippen MR) is 81.7 cm³/mol. The van der Waals surface area contributed by atoms with E-state index in [2.05, 4.69) is 20.8 Å². The second-order valence-corrected chi connectivity index (χ2v) is 5.81. The van der Waals surface area contributed by atoms with Gasteiger partial charge >= 0.3 is 6.03 Å². The van der Waals surface area contributed by atoms with Gasteiger partial charge in [-0.15, -0.1) is 10.2 Å². The maximum Gasteiger partial charge on any atom is 0.321 e. The molecule has 2 rings (SSSR count). The van der Waals surface area contributed by atoms with E-state index in [0.29, 0.717) is 11.6 Å². The lowest BCUT2D eigenvalue weighted by atomic mass is 10.1. The van der Waals surface area contributed by atoms with Crippen molar-refractivity contribution in [3.63, 3.8) is 0 Å². The number of hydrogen-bond acceptors (Lipinski definition) is 6. The Morgan fingerprint density at radius 2 is 1.91 bits per heavy atom. The number of carbonyl (C=O) groups is 2. The van der Waals surface area contributed by atoms with Crippen molar-refractivity contribution in [3.05, 3.63) is 30.7 Å². The van der Waals surface area contributed by atoms with Crippen LogP contribution < -0.4 is 15.4 Å². The Balaban J connectivity index is 1.81. The molecule has 0 atom stereocenters. The molecule has 8 nitrogen and oxygen atoms in total. The number of imide groups is 1. The van der Waals surface area contributed by atoms with Gasteiger partial charge in [-0.05, 0) is 45.0 Å². The van der Waals surface area contributed by atoms with Crippen molar-refractivity contribution in [2.45, 2.75) is 26.3 Å². The Kier molecular flexibility index (Phi) is 4.95. The van der Waals surface area contributed by atoms with E-state index in [-0.39, 0.29) is 6.61 Å². The molecule has 122 valence electrons. The largest absolute Gasteiger partial charge is 0.484 e. The molecule has 0 fully saturated rings. The van der Waals surface area contributed by atoms with Crippen LogP contribution in [0.4, 0.5) is 4.79 Å². The Morgan fingerprint density at radius 3 is 2.48 bits per heavy atom. The number of aromatic nitrogens is 2. The number of rotatable bonds is 4. The average Bonchev–Trinajstić information content (AvgIpc) is 2.97. The molecular weight excluding hydrogens is 300 g/mol. The van der Waals surface area contributed by atoms with Crippen LogP contribution in [0.1, 0.15) is 20.8 Å². The lowest BCUT2D eigenvalue weighted by Crippen LogP contribution is -2.49. The number of hydrogen-bond donors (Lipinski definition) is 2. The first-order valence-electron chi connectivity index (χ1n) is 6.95. The number of ether oxygens (including phenoxy) is 1. The van der Waals surface area contributed by atoms with E-state index in [9.17, 15) is 9.59 Å². The topological polar surface area (TPSA) is 106 Å². The summed E-state index contributed by atoms with van der Waals surface area (Å²) in [7, 11) is 0. The quantitative estimate of drug-likeness (QED) is 0.889. The molecule has 0 aliphatic heterocycles. The molecule has 2 N–H and O–H groups in total. The molecule has 0 unspecified atom stereocenters. The highest BCUT2D eigenvalue weighted by Gasteiger charge is 2.15. The Morgan fingerprint density at radius 1 is 1.22 bits per heavy atom. The molecule has 0 aliphatic rings. The summed E-state index contributed by atoms with van der Waals surface area (Å²) in [5.41, 5.74) is 0.319. The fourth-order valence-electron chi connectivity index (χ4n) is 1.68. The molecule has 0 radical (unpaired) electrons. The smallest absolute Gasteiger partial charge is 0.321 e. The van der Waals surface area contributed by atoms with Crippen LogP contribution in [-0.2, 0) is 4.79 Å². The minimum Gasteiger partial charge on any atom is -0.484 e. The molecular formula is C15H18N4O4. The number of amides is 3. The average molecular weight is 318 g/mol. The molecule has 0 saturated heterocycles. The molecule has 0 bridgehead atoms. The Labute approximate surface area is 133 Å². The summed E-state index contributed by atoms with van der Waals surface area (Å²) < 4.78 is 10.4. The van der Waals surface area contributed by atoms with Crippen molar-refractivity contribution in [1.82, 2.24) is 20.8 Å². The SMILES string of the molecule is CC(C)(C)NC(=O)NC(=O)COc1ccc(-c2nnco2)cc1. The third-order valence-corrected chi connectivity index (χ3v) is 2.57. The highest BCUT2D eigenvalue weighted by molar-refractivity contribution is 5.95. The number of urea groups is 1. The maximum atomic E-state index is 11.6. The zero-order valence-corrected chi connectivity index (χ0v) is 13.1. The van der Waals surface area contributed by atoms with E-state index in [1.807, 2.05) is 20.8 Å². The lowest BCUT2D eigenvalue weighted by Gasteiger charge is -2.20. The van der Waals surface area contributed by atoms with Crippen molar-refractivity contribution in [3.8, 4) is 17.2 Å². The van der Waals surface area contributed by atoms with Gasteiger partial charge in [0.2, 0.25) is 12.3 Å². The van der Waals surface area contributed by atoms with Crippen LogP contribution in [0.15, 0.2) is 35.1 Å². The van der Waals surface area contributed by atoms with E-state index in [4.69, 9.17) is 9.15 Å². The van der Waals surface area contributed by atoms with Gasteiger partial charge in [-0.2, -0.15) is 0 Å². The molecule has 2 aromatic rings. The summed E-state index contributed by atoms with van der Waals surface area (Å²) in [6, 6.07) is 6.24. The van der Waals surface area contributed by atoms with Gasteiger partial charge in [0.25, 0.3) is 5.91 Å². The number of carbonyl (C=O) groups excluding carboxylic acids is 2. The summed E-state index contributed by atoms with van der Waals surface area (Å²) in [6.07, 6.45) is 1.24. The van der Waals surface area contributed by atoms with Gasteiger partial charge in [0.1, 0.15) is 5.75 Å². The zero-order chi connectivity index (χ0) is 16.9. The second-order valence-electron chi connectivity index (χ2n) is 5.81. The fraction of sp³-hybridized carbons (Fsp3) is 0.333. The minimum atomic E-state index is -0.558. The summed E-state index contributed by atoms with van der Waals surface area (Å²) in [5, 5.41) is 12.2. The lowest BCUT2D eigenvalue weighted by molar-refractivity contribution is -0.122. The number of benzene rings is 1. The third-order valence-electron chi connectivity index (χ3n) is 2.57. The van der Waals surface area contributed by atoms with Crippen LogP contribution in [0.3, 0.4) is 0 Å². The van der Waals surface area contributed by atoms with Gasteiger partial charge < -0.3 is 14.5 Å². The van der Waals surface area contributed by atoms with Crippen molar-refractivity contribution in [1.29, 1.82) is 0 Å². The van der Waals surface area contributed by atoms with Crippen molar-refractivity contribution in [2.75, 3.05) is 6.61 Å². The zero-order valence-electron chi connectivity index (χ0n) is 13.1. The van der Waals surface area contributed by atoms with Crippen LogP contribution >= 0.6 is 0 Å². The molecule has 1 aromatic heterocycles. The molecule has 1 heterocycles. The molecule has 3 amide bonds. The van der Waals surface area contributed by atoms with E-state index in [1.165, 1.54) is 6.39 Å². The maximum absolute atomic E-state index is 11.6. The van der Waals surface area contributed by atoms with Gasteiger partial charge in [0.15, 0.2) is 6.61 Å². The Bertz CT molecular complexity index is 660. The van der Waals surface area contributed by atoms with Crippen molar-refractivity contribution in [2.24, 2.45) is 0 Å². The summed E-state index contributed by atoms with van der Waals surface area (Å²) >= 11 is 0. The van der Waals surface area contributed by atoms with Crippen LogP contribution in [-0.4, -0.2) is 34.3 Å². The van der Waals surface area contributed by atoms with Crippen LogP contribution in [0.5, 0.6) is 5.75 Å². The standard InChI is InChI=1S/C15H18N4O4/c1-15(2,3)18-14(21)17-12(20)8-22-11-6-4-10(5-7-11)13-19-16-9-23-13/h4-7,9H,8H2,1-3H3,(H2,17,18,20,21). The van der Waals surface area contributed by atoms with Gasteiger partial charge in [-0.1, -0.05) is 0 Å². The first-order valence-corrected chi connectivity index (χ1v) is 6.95. The molecule has 23 heavy (non-hydrogen) atoms. The summed E-state index contributed by atoms with van der Waals surface area (Å²) in [4.78, 5) is 23.2. The molecule has 8 heteroatoms. The highest BCUT2D eigenvalue weighted by atomic mass is 16.5. The van der Waals surface area contributed by atoms with Gasteiger partial charge in [0, 0.05) is 11.1 Å². The van der Waals surface area contributed by atoms with Gasteiger partial charge in [-0.3, -0.25) is 10.1 Å². The first kappa shape index (κ1) is 16.5. The fourth-order valence-corrected chi connectivity index (χ4v) is 1.68. The van der Waals surface area contributed by atoms with Gasteiger partial charge in [-0.25, -0.2) is 4.79 Å². The Hall–Kier alpha value is -2.90. The van der Waals surface area contributed by atoms with E-state index in [1.54, 1.807) is 24.3 Å². The molecule has 0 aliphatic carbocycles. The van der Waals surface area contributed by atoms with Crippen LogP contribution in [0, 0.1) is 0 Å².